The molecule has 2 rings (SSSR count). The fraction of sp³-hybridized carbons (Fsp3) is 0.125. The molecule has 0 aliphatic carbocycles. The van der Waals surface area contributed by atoms with Crippen molar-refractivity contribution in [3.63, 3.8) is 0 Å². The Hall–Kier alpha value is -3.22. The molecule has 0 aliphatic heterocycles. The van der Waals surface area contributed by atoms with Crippen LogP contribution < -0.4 is 0 Å². The van der Waals surface area contributed by atoms with Gasteiger partial charge in [-0.25, -0.2) is 9.59 Å². The van der Waals surface area contributed by atoms with E-state index in [2.05, 4.69) is 10.2 Å². The zero-order chi connectivity index (χ0) is 16.8. The van der Waals surface area contributed by atoms with Crippen molar-refractivity contribution in [1.29, 1.82) is 0 Å². The van der Waals surface area contributed by atoms with E-state index in [-0.39, 0.29) is 29.2 Å². The summed E-state index contributed by atoms with van der Waals surface area (Å²) in [5.41, 5.74) is 0.519. The molecule has 0 radical (unpaired) electrons. The third-order valence-corrected chi connectivity index (χ3v) is 2.88. The highest BCUT2D eigenvalue weighted by molar-refractivity contribution is 5.94. The van der Waals surface area contributed by atoms with Crippen LogP contribution in [0.4, 0.5) is 11.4 Å². The molecule has 0 spiro atoms. The van der Waals surface area contributed by atoms with E-state index >= 15 is 0 Å². The number of carboxylic acid groups (broad SMARTS) is 1. The van der Waals surface area contributed by atoms with Gasteiger partial charge in [0.1, 0.15) is 17.0 Å². The molecule has 0 atom stereocenters. The Kier molecular flexibility index (Phi) is 5.03. The maximum absolute atomic E-state index is 11.8. The van der Waals surface area contributed by atoms with Gasteiger partial charge in [0.2, 0.25) is 0 Å². The van der Waals surface area contributed by atoms with E-state index in [1.807, 2.05) is 0 Å². The average molecular weight is 314 g/mol. The fourth-order valence-electron chi connectivity index (χ4n) is 1.81. The lowest BCUT2D eigenvalue weighted by Crippen LogP contribution is -2.04. The van der Waals surface area contributed by atoms with E-state index in [9.17, 15) is 14.7 Å². The van der Waals surface area contributed by atoms with Crippen molar-refractivity contribution in [3.8, 4) is 5.75 Å². The smallest absolute Gasteiger partial charge is 0.340 e. The van der Waals surface area contributed by atoms with Gasteiger partial charge < -0.3 is 14.9 Å². The fourth-order valence-corrected chi connectivity index (χ4v) is 1.81. The summed E-state index contributed by atoms with van der Waals surface area (Å²) >= 11 is 0. The highest BCUT2D eigenvalue weighted by Crippen LogP contribution is 2.26. The largest absolute Gasteiger partial charge is 0.507 e. The highest BCUT2D eigenvalue weighted by atomic mass is 16.5. The van der Waals surface area contributed by atoms with Gasteiger partial charge in [-0.2, -0.15) is 5.11 Å². The van der Waals surface area contributed by atoms with Crippen LogP contribution in [0, 0.1) is 0 Å². The van der Waals surface area contributed by atoms with Crippen LogP contribution in [0.3, 0.4) is 0 Å². The molecule has 23 heavy (non-hydrogen) atoms. The SMILES string of the molecule is CCOC(=O)c1ccccc1N=Nc1ccc(O)c(C(=O)O)c1. The third kappa shape index (κ3) is 3.91. The van der Waals surface area contributed by atoms with Crippen LogP contribution in [0.1, 0.15) is 27.6 Å². The van der Waals surface area contributed by atoms with Gasteiger partial charge in [0, 0.05) is 0 Å². The van der Waals surface area contributed by atoms with Gasteiger partial charge in [-0.15, -0.1) is 5.11 Å². The van der Waals surface area contributed by atoms with Gasteiger partial charge in [-0.3, -0.25) is 0 Å². The Balaban J connectivity index is 2.33. The number of nitrogens with zero attached hydrogens (tertiary/aromatic N) is 2. The average Bonchev–Trinajstić information content (AvgIpc) is 2.54. The summed E-state index contributed by atoms with van der Waals surface area (Å²) in [5, 5.41) is 26.3. The number of carboxylic acids is 1. The number of ether oxygens (including phenoxy) is 1. The summed E-state index contributed by atoms with van der Waals surface area (Å²) in [6, 6.07) is 10.3. The minimum absolute atomic E-state index is 0.235. The van der Waals surface area contributed by atoms with Crippen LogP contribution in [-0.2, 0) is 4.74 Å². The first-order chi connectivity index (χ1) is 11.0. The van der Waals surface area contributed by atoms with Crippen molar-refractivity contribution in [2.75, 3.05) is 6.61 Å². The molecule has 7 nitrogen and oxygen atoms in total. The molecule has 0 unspecified atom stereocenters. The number of aromatic hydroxyl groups is 1. The first kappa shape index (κ1) is 16.2. The molecule has 0 bridgehead atoms. The maximum atomic E-state index is 11.8. The molecule has 0 amide bonds. The van der Waals surface area contributed by atoms with Gasteiger partial charge in [0.05, 0.1) is 17.9 Å². The summed E-state index contributed by atoms with van der Waals surface area (Å²) in [4.78, 5) is 22.8. The number of carbonyl (C=O) groups excluding carboxylic acids is 1. The minimum Gasteiger partial charge on any atom is -0.507 e. The number of carbonyl (C=O) groups is 2. The molecular weight excluding hydrogens is 300 g/mol. The summed E-state index contributed by atoms with van der Waals surface area (Å²) < 4.78 is 4.94. The Bertz CT molecular complexity index is 771. The Morgan fingerprint density at radius 1 is 1.09 bits per heavy atom. The van der Waals surface area contributed by atoms with Crippen LogP contribution in [0.15, 0.2) is 52.7 Å². The first-order valence-corrected chi connectivity index (χ1v) is 6.77. The monoisotopic (exact) mass is 314 g/mol. The lowest BCUT2D eigenvalue weighted by atomic mass is 10.2. The number of azo groups is 1. The molecule has 118 valence electrons. The molecule has 7 heteroatoms. The summed E-state index contributed by atoms with van der Waals surface area (Å²) in [5.74, 6) is -2.14. The Morgan fingerprint density at radius 3 is 2.52 bits per heavy atom. The summed E-state index contributed by atoms with van der Waals surface area (Å²) in [6.07, 6.45) is 0. The van der Waals surface area contributed by atoms with Crippen LogP contribution in [0.2, 0.25) is 0 Å². The van der Waals surface area contributed by atoms with Gasteiger partial charge in [-0.1, -0.05) is 12.1 Å². The van der Waals surface area contributed by atoms with Gasteiger partial charge in [-0.05, 0) is 37.3 Å². The maximum Gasteiger partial charge on any atom is 0.340 e. The molecule has 0 saturated heterocycles. The molecule has 0 aromatic heterocycles. The van der Waals surface area contributed by atoms with Crippen molar-refractivity contribution in [2.45, 2.75) is 6.92 Å². The third-order valence-electron chi connectivity index (χ3n) is 2.88. The zero-order valence-electron chi connectivity index (χ0n) is 12.3. The van der Waals surface area contributed by atoms with E-state index in [1.165, 1.54) is 18.2 Å². The van der Waals surface area contributed by atoms with E-state index in [1.54, 1.807) is 31.2 Å². The van der Waals surface area contributed by atoms with Crippen molar-refractivity contribution in [3.05, 3.63) is 53.6 Å². The molecule has 0 aliphatic rings. The number of hydrogen-bond acceptors (Lipinski definition) is 6. The normalized spacial score (nSPS) is 10.7. The Morgan fingerprint density at radius 2 is 1.83 bits per heavy atom. The van der Waals surface area contributed by atoms with E-state index in [0.29, 0.717) is 5.69 Å². The zero-order valence-corrected chi connectivity index (χ0v) is 12.3. The van der Waals surface area contributed by atoms with Crippen molar-refractivity contribution in [2.24, 2.45) is 10.2 Å². The number of phenols is 1. The van der Waals surface area contributed by atoms with Crippen LogP contribution in [0.5, 0.6) is 5.75 Å². The lowest BCUT2D eigenvalue weighted by Gasteiger charge is -2.04. The molecule has 2 aromatic rings. The molecule has 0 saturated carbocycles. The number of aromatic carboxylic acids is 1. The molecule has 0 heterocycles. The van der Waals surface area contributed by atoms with E-state index < -0.39 is 11.9 Å². The van der Waals surface area contributed by atoms with Crippen molar-refractivity contribution >= 4 is 23.3 Å². The molecule has 2 N–H and O–H groups in total. The number of esters is 1. The van der Waals surface area contributed by atoms with Crippen molar-refractivity contribution in [1.82, 2.24) is 0 Å². The molecular formula is C16H14N2O5. The number of benzene rings is 2. The van der Waals surface area contributed by atoms with Crippen molar-refractivity contribution < 1.29 is 24.5 Å². The Labute approximate surface area is 131 Å². The van der Waals surface area contributed by atoms with E-state index in [4.69, 9.17) is 9.84 Å². The van der Waals surface area contributed by atoms with Gasteiger partial charge in [0.25, 0.3) is 0 Å². The summed E-state index contributed by atoms with van der Waals surface area (Å²) in [7, 11) is 0. The van der Waals surface area contributed by atoms with Gasteiger partial charge >= 0.3 is 11.9 Å². The molecule has 0 fully saturated rings. The topological polar surface area (TPSA) is 109 Å². The minimum atomic E-state index is -1.27. The van der Waals surface area contributed by atoms with Crippen LogP contribution in [-0.4, -0.2) is 28.8 Å². The summed E-state index contributed by atoms with van der Waals surface area (Å²) in [6.45, 7) is 1.94. The van der Waals surface area contributed by atoms with E-state index in [0.717, 1.165) is 0 Å². The molecule has 2 aromatic carbocycles. The predicted molar refractivity (Wildman–Crippen MR) is 81.6 cm³/mol. The second-order valence-electron chi connectivity index (χ2n) is 4.44. The number of rotatable bonds is 5. The second kappa shape index (κ2) is 7.17. The lowest BCUT2D eigenvalue weighted by molar-refractivity contribution is 0.0526. The van der Waals surface area contributed by atoms with Gasteiger partial charge in [0.15, 0.2) is 0 Å². The standard InChI is InChI=1S/C16H14N2O5/c1-2-23-16(22)11-5-3-4-6-13(11)18-17-10-7-8-14(19)12(9-10)15(20)21/h3-9,19H,2H2,1H3,(H,20,21). The second-order valence-corrected chi connectivity index (χ2v) is 4.44. The quantitative estimate of drug-likeness (QED) is 0.646. The predicted octanol–water partition coefficient (Wildman–Crippen LogP) is 3.68. The number of hydrogen-bond donors (Lipinski definition) is 2. The highest BCUT2D eigenvalue weighted by Gasteiger charge is 2.12. The first-order valence-electron chi connectivity index (χ1n) is 6.77. The van der Waals surface area contributed by atoms with Crippen LogP contribution >= 0.6 is 0 Å². The van der Waals surface area contributed by atoms with Crippen LogP contribution in [0.25, 0.3) is 0 Å².